The molecule has 1 aliphatic rings. The van der Waals surface area contributed by atoms with E-state index in [0.717, 1.165) is 11.1 Å². The molecule has 1 heterocycles. The van der Waals surface area contributed by atoms with Crippen LogP contribution in [0.5, 0.6) is 0 Å². The normalized spacial score (nSPS) is 24.4. The number of rotatable bonds is 2. The molecule has 2 unspecified atom stereocenters. The number of ether oxygens (including phenoxy) is 1. The predicted octanol–water partition coefficient (Wildman–Crippen LogP) is 3.54. The predicted molar refractivity (Wildman–Crippen MR) is 72.5 cm³/mol. The van der Waals surface area contributed by atoms with Crippen molar-refractivity contribution >= 4 is 5.78 Å². The van der Waals surface area contributed by atoms with Gasteiger partial charge in [0.05, 0.1) is 18.6 Å². The van der Waals surface area contributed by atoms with E-state index in [0.29, 0.717) is 6.61 Å². The molecule has 18 heavy (non-hydrogen) atoms. The number of hydrogen-bond acceptors (Lipinski definition) is 2. The van der Waals surface area contributed by atoms with E-state index in [-0.39, 0.29) is 17.8 Å². The van der Waals surface area contributed by atoms with Gasteiger partial charge < -0.3 is 4.74 Å². The summed E-state index contributed by atoms with van der Waals surface area (Å²) in [5, 5.41) is 0. The van der Waals surface area contributed by atoms with Gasteiger partial charge in [-0.25, -0.2) is 0 Å². The highest BCUT2D eigenvalue weighted by atomic mass is 16.5. The highest BCUT2D eigenvalue weighted by molar-refractivity contribution is 6.00. The third-order valence-electron chi connectivity index (χ3n) is 3.22. The third kappa shape index (κ3) is 2.59. The van der Waals surface area contributed by atoms with Gasteiger partial charge in [-0.2, -0.15) is 0 Å². The van der Waals surface area contributed by atoms with E-state index in [9.17, 15) is 4.79 Å². The van der Waals surface area contributed by atoms with E-state index in [1.807, 2.05) is 62.4 Å². The Morgan fingerprint density at radius 3 is 2.83 bits per heavy atom. The van der Waals surface area contributed by atoms with Crippen molar-refractivity contribution in [3.05, 3.63) is 59.7 Å². The Morgan fingerprint density at radius 1 is 1.28 bits per heavy atom. The largest absolute Gasteiger partial charge is 0.373 e. The molecule has 0 aliphatic carbocycles. The second-order valence-electron chi connectivity index (χ2n) is 4.47. The summed E-state index contributed by atoms with van der Waals surface area (Å²) >= 11 is 0. The molecule has 0 amide bonds. The lowest BCUT2D eigenvalue weighted by Gasteiger charge is -2.16. The lowest BCUT2D eigenvalue weighted by atomic mass is 9.91. The molecule has 2 atom stereocenters. The summed E-state index contributed by atoms with van der Waals surface area (Å²) in [7, 11) is 0. The van der Waals surface area contributed by atoms with Crippen LogP contribution in [0.2, 0.25) is 0 Å². The summed E-state index contributed by atoms with van der Waals surface area (Å²) in [6.45, 7) is 4.42. The molecule has 2 heteroatoms. The molecule has 0 bridgehead atoms. The van der Waals surface area contributed by atoms with E-state index in [1.165, 1.54) is 0 Å². The van der Waals surface area contributed by atoms with Crippen LogP contribution in [-0.4, -0.2) is 11.9 Å². The highest BCUT2D eigenvalue weighted by Gasteiger charge is 2.29. The molecule has 94 valence electrons. The molecule has 1 aromatic rings. The molecule has 0 saturated carbocycles. The van der Waals surface area contributed by atoms with E-state index < -0.39 is 0 Å². The van der Waals surface area contributed by atoms with Crippen molar-refractivity contribution in [2.24, 2.45) is 5.92 Å². The van der Waals surface area contributed by atoms with Crippen LogP contribution in [0, 0.1) is 5.92 Å². The minimum Gasteiger partial charge on any atom is -0.373 e. The van der Waals surface area contributed by atoms with Gasteiger partial charge in [-0.05, 0) is 19.4 Å². The monoisotopic (exact) mass is 242 g/mol. The van der Waals surface area contributed by atoms with Crippen LogP contribution in [-0.2, 0) is 11.3 Å². The summed E-state index contributed by atoms with van der Waals surface area (Å²) < 4.78 is 5.75. The zero-order chi connectivity index (χ0) is 13.0. The Balaban J connectivity index is 2.33. The van der Waals surface area contributed by atoms with Crippen molar-refractivity contribution in [1.82, 2.24) is 0 Å². The summed E-state index contributed by atoms with van der Waals surface area (Å²) in [6.07, 6.45) is 7.62. The first-order valence-electron chi connectivity index (χ1n) is 6.27. The fraction of sp³-hybridized carbons (Fsp3) is 0.312. The van der Waals surface area contributed by atoms with Gasteiger partial charge in [0.15, 0.2) is 5.78 Å². The van der Waals surface area contributed by atoms with Crippen molar-refractivity contribution in [3.63, 3.8) is 0 Å². The van der Waals surface area contributed by atoms with Gasteiger partial charge >= 0.3 is 0 Å². The Hall–Kier alpha value is -1.67. The zero-order valence-corrected chi connectivity index (χ0v) is 10.8. The lowest BCUT2D eigenvalue weighted by Crippen LogP contribution is -2.24. The Morgan fingerprint density at radius 2 is 2.06 bits per heavy atom. The average Bonchev–Trinajstić information content (AvgIpc) is 2.51. The summed E-state index contributed by atoms with van der Waals surface area (Å²) in [5.41, 5.74) is 1.77. The first-order valence-corrected chi connectivity index (χ1v) is 6.27. The molecule has 0 radical (unpaired) electrons. The van der Waals surface area contributed by atoms with Gasteiger partial charge in [0, 0.05) is 5.56 Å². The number of fused-ring (bicyclic) bond motifs is 1. The first-order chi connectivity index (χ1) is 8.74. The molecule has 0 spiro atoms. The molecule has 0 N–H and O–H groups in total. The van der Waals surface area contributed by atoms with Crippen LogP contribution in [0.25, 0.3) is 0 Å². The van der Waals surface area contributed by atoms with E-state index in [4.69, 9.17) is 4.74 Å². The molecule has 0 aromatic heterocycles. The van der Waals surface area contributed by atoms with Crippen LogP contribution in [0.4, 0.5) is 0 Å². The van der Waals surface area contributed by atoms with Gasteiger partial charge in [0.1, 0.15) is 0 Å². The Kier molecular flexibility index (Phi) is 4.11. The second-order valence-corrected chi connectivity index (χ2v) is 4.47. The van der Waals surface area contributed by atoms with E-state index in [2.05, 4.69) is 0 Å². The van der Waals surface area contributed by atoms with Crippen LogP contribution < -0.4 is 0 Å². The van der Waals surface area contributed by atoms with Crippen molar-refractivity contribution in [2.75, 3.05) is 0 Å². The van der Waals surface area contributed by atoms with Gasteiger partial charge in [-0.1, -0.05) is 48.6 Å². The van der Waals surface area contributed by atoms with Crippen LogP contribution in [0.15, 0.2) is 48.6 Å². The van der Waals surface area contributed by atoms with Crippen molar-refractivity contribution in [1.29, 1.82) is 0 Å². The number of carbonyl (C=O) groups is 1. The maximum absolute atomic E-state index is 12.5. The average molecular weight is 242 g/mol. The molecule has 1 aromatic carbocycles. The van der Waals surface area contributed by atoms with Crippen LogP contribution in [0.1, 0.15) is 29.8 Å². The fourth-order valence-corrected chi connectivity index (χ4v) is 2.14. The molecular weight excluding hydrogens is 224 g/mol. The minimum absolute atomic E-state index is 0.0913. The fourth-order valence-electron chi connectivity index (χ4n) is 2.14. The molecule has 1 aliphatic heterocycles. The van der Waals surface area contributed by atoms with Crippen LogP contribution >= 0.6 is 0 Å². The Labute approximate surface area is 108 Å². The molecule has 2 rings (SSSR count). The quantitative estimate of drug-likeness (QED) is 0.741. The third-order valence-corrected chi connectivity index (χ3v) is 3.22. The van der Waals surface area contributed by atoms with Gasteiger partial charge in [0.25, 0.3) is 0 Å². The molecule has 2 nitrogen and oxygen atoms in total. The SMILES string of the molecule is C/C=C\C=C/C1C(=O)c2ccccc2COC1C. The molecular formula is C16H18O2. The standard InChI is InChI=1S/C16H18O2/c1-3-4-5-9-14-12(2)18-11-13-8-6-7-10-15(13)16(14)17/h3-10,12,14H,11H2,1-2H3/b4-3-,9-5-. The van der Waals surface area contributed by atoms with Gasteiger partial charge in [-0.3, -0.25) is 4.79 Å². The maximum atomic E-state index is 12.5. The van der Waals surface area contributed by atoms with Crippen LogP contribution in [0.3, 0.4) is 0 Å². The number of carbonyl (C=O) groups excluding carboxylic acids is 1. The highest BCUT2D eigenvalue weighted by Crippen LogP contribution is 2.25. The topological polar surface area (TPSA) is 26.3 Å². The molecule has 0 saturated heterocycles. The zero-order valence-electron chi connectivity index (χ0n) is 10.8. The number of hydrogen-bond donors (Lipinski definition) is 0. The van der Waals surface area contributed by atoms with E-state index in [1.54, 1.807) is 0 Å². The minimum atomic E-state index is -0.204. The number of allylic oxidation sites excluding steroid dienone is 3. The van der Waals surface area contributed by atoms with Gasteiger partial charge in [-0.15, -0.1) is 0 Å². The maximum Gasteiger partial charge on any atom is 0.172 e. The smallest absolute Gasteiger partial charge is 0.172 e. The van der Waals surface area contributed by atoms with Gasteiger partial charge in [0.2, 0.25) is 0 Å². The summed E-state index contributed by atoms with van der Waals surface area (Å²) in [5.74, 6) is -0.0544. The second kappa shape index (κ2) is 5.78. The Bertz CT molecular complexity index is 486. The van der Waals surface area contributed by atoms with Crippen molar-refractivity contribution < 1.29 is 9.53 Å². The lowest BCUT2D eigenvalue weighted by molar-refractivity contribution is 0.0320. The number of ketones is 1. The summed E-state index contributed by atoms with van der Waals surface area (Å²) in [4.78, 5) is 12.5. The molecule has 0 fully saturated rings. The first kappa shape index (κ1) is 12.8. The number of Topliss-reactive ketones (excluding diaryl/α,β-unsaturated/α-hetero) is 1. The summed E-state index contributed by atoms with van der Waals surface area (Å²) in [6, 6.07) is 7.68. The van der Waals surface area contributed by atoms with E-state index >= 15 is 0 Å². The van der Waals surface area contributed by atoms with Crippen molar-refractivity contribution in [3.8, 4) is 0 Å². The number of benzene rings is 1. The van der Waals surface area contributed by atoms with Crippen molar-refractivity contribution in [2.45, 2.75) is 26.6 Å².